The zero-order valence-electron chi connectivity index (χ0n) is 13.3. The molecule has 25 heavy (non-hydrogen) atoms. The predicted octanol–water partition coefficient (Wildman–Crippen LogP) is 3.20. The van der Waals surface area contributed by atoms with E-state index in [9.17, 15) is 13.5 Å². The summed E-state index contributed by atoms with van der Waals surface area (Å²) in [7, 11) is -3.44. The van der Waals surface area contributed by atoms with Crippen LogP contribution in [0, 0.1) is 0 Å². The highest BCUT2D eigenvalue weighted by Crippen LogP contribution is 2.19. The first-order valence-corrected chi connectivity index (χ1v) is 9.22. The quantitative estimate of drug-likeness (QED) is 0.465. The number of hydrogen-bond acceptors (Lipinski definition) is 6. The van der Waals surface area contributed by atoms with Crippen molar-refractivity contribution in [2.24, 2.45) is 0 Å². The number of nitrogens with zero attached hydrogens (tertiary/aromatic N) is 1. The predicted molar refractivity (Wildman–Crippen MR) is 96.9 cm³/mol. The average Bonchev–Trinajstić information content (AvgIpc) is 2.62. The van der Waals surface area contributed by atoms with Gasteiger partial charge >= 0.3 is 0 Å². The SMILES string of the molecule is O=S(=O)(Cc1ccccn1)c1ccc(NNc2ccc(O)cc2)cc1. The fourth-order valence-corrected chi connectivity index (χ4v) is 3.47. The molecule has 0 aliphatic rings. The highest BCUT2D eigenvalue weighted by Gasteiger charge is 2.15. The van der Waals surface area contributed by atoms with Crippen molar-refractivity contribution in [2.45, 2.75) is 10.6 Å². The molecule has 0 unspecified atom stereocenters. The Kier molecular flexibility index (Phi) is 4.85. The summed E-state index contributed by atoms with van der Waals surface area (Å²) in [5.74, 6) is 0.0554. The molecule has 2 aromatic carbocycles. The second kappa shape index (κ2) is 7.23. The summed E-state index contributed by atoms with van der Waals surface area (Å²) in [6, 6.07) is 18.2. The third-order valence-electron chi connectivity index (χ3n) is 3.50. The monoisotopic (exact) mass is 355 g/mol. The zero-order chi connectivity index (χ0) is 17.7. The minimum Gasteiger partial charge on any atom is -0.508 e. The number of rotatable bonds is 6. The molecule has 0 fully saturated rings. The first-order chi connectivity index (χ1) is 12.0. The van der Waals surface area contributed by atoms with Gasteiger partial charge in [-0.1, -0.05) is 6.07 Å². The Balaban J connectivity index is 1.66. The minimum atomic E-state index is -3.44. The summed E-state index contributed by atoms with van der Waals surface area (Å²) in [6.45, 7) is 0. The number of sulfone groups is 1. The van der Waals surface area contributed by atoms with Gasteiger partial charge in [0.05, 0.1) is 27.7 Å². The van der Waals surface area contributed by atoms with Gasteiger partial charge in [0, 0.05) is 6.20 Å². The first kappa shape index (κ1) is 16.8. The number of phenolic OH excluding ortho intramolecular Hbond substituents is 1. The fraction of sp³-hybridized carbons (Fsp3) is 0.0556. The summed E-state index contributed by atoms with van der Waals surface area (Å²) >= 11 is 0. The number of hydrazine groups is 1. The number of benzene rings is 2. The molecule has 0 bridgehead atoms. The molecule has 6 nitrogen and oxygen atoms in total. The van der Waals surface area contributed by atoms with E-state index in [1.807, 2.05) is 0 Å². The molecule has 0 radical (unpaired) electrons. The maximum atomic E-state index is 12.4. The van der Waals surface area contributed by atoms with Crippen molar-refractivity contribution >= 4 is 21.2 Å². The lowest BCUT2D eigenvalue weighted by atomic mass is 10.3. The van der Waals surface area contributed by atoms with Crippen molar-refractivity contribution in [1.82, 2.24) is 4.98 Å². The third kappa shape index (κ3) is 4.48. The molecule has 0 spiro atoms. The number of aromatic nitrogens is 1. The minimum absolute atomic E-state index is 0.133. The number of aromatic hydroxyl groups is 1. The number of anilines is 2. The summed E-state index contributed by atoms with van der Waals surface area (Å²) < 4.78 is 24.8. The second-order valence-electron chi connectivity index (χ2n) is 5.40. The van der Waals surface area contributed by atoms with E-state index < -0.39 is 9.84 Å². The highest BCUT2D eigenvalue weighted by molar-refractivity contribution is 7.90. The van der Waals surface area contributed by atoms with Crippen LogP contribution in [0.3, 0.4) is 0 Å². The molecule has 0 aliphatic carbocycles. The third-order valence-corrected chi connectivity index (χ3v) is 5.16. The van der Waals surface area contributed by atoms with Gasteiger partial charge in [-0.05, 0) is 60.7 Å². The molecule has 1 heterocycles. The van der Waals surface area contributed by atoms with Gasteiger partial charge in [0.2, 0.25) is 0 Å². The van der Waals surface area contributed by atoms with E-state index in [0.29, 0.717) is 11.4 Å². The summed E-state index contributed by atoms with van der Waals surface area (Å²) in [4.78, 5) is 4.30. The van der Waals surface area contributed by atoms with Crippen LogP contribution in [0.4, 0.5) is 11.4 Å². The van der Waals surface area contributed by atoms with Crippen LogP contribution in [0.15, 0.2) is 77.8 Å². The van der Waals surface area contributed by atoms with Crippen molar-refractivity contribution in [3.8, 4) is 5.75 Å². The molecule has 0 amide bonds. The Labute approximate surface area is 146 Å². The lowest BCUT2D eigenvalue weighted by Gasteiger charge is -2.10. The second-order valence-corrected chi connectivity index (χ2v) is 7.39. The van der Waals surface area contributed by atoms with Gasteiger partial charge in [0.25, 0.3) is 0 Å². The van der Waals surface area contributed by atoms with E-state index in [4.69, 9.17) is 0 Å². The molecular formula is C18H17N3O3S. The molecule has 3 aromatic rings. The summed E-state index contributed by atoms with van der Waals surface area (Å²) in [5.41, 5.74) is 7.93. The smallest absolute Gasteiger partial charge is 0.184 e. The first-order valence-electron chi connectivity index (χ1n) is 7.57. The Morgan fingerprint density at radius 3 is 2.00 bits per heavy atom. The fourth-order valence-electron chi connectivity index (χ4n) is 2.20. The lowest BCUT2D eigenvalue weighted by molar-refractivity contribution is 0.475. The Hall–Kier alpha value is -3.06. The van der Waals surface area contributed by atoms with E-state index in [1.165, 1.54) is 0 Å². The van der Waals surface area contributed by atoms with Crippen molar-refractivity contribution in [3.63, 3.8) is 0 Å². The number of pyridine rings is 1. The van der Waals surface area contributed by atoms with Crippen LogP contribution < -0.4 is 10.9 Å². The lowest BCUT2D eigenvalue weighted by Crippen LogP contribution is -2.09. The molecule has 3 rings (SSSR count). The van der Waals surface area contributed by atoms with Gasteiger partial charge in [-0.3, -0.25) is 4.98 Å². The van der Waals surface area contributed by atoms with Gasteiger partial charge < -0.3 is 16.0 Å². The van der Waals surface area contributed by atoms with Crippen molar-refractivity contribution < 1.29 is 13.5 Å². The van der Waals surface area contributed by atoms with Crippen molar-refractivity contribution in [2.75, 3.05) is 10.9 Å². The Morgan fingerprint density at radius 2 is 1.44 bits per heavy atom. The molecule has 128 valence electrons. The van der Waals surface area contributed by atoms with Crippen LogP contribution in [0.1, 0.15) is 5.69 Å². The maximum absolute atomic E-state index is 12.4. The topological polar surface area (TPSA) is 91.3 Å². The summed E-state index contributed by atoms with van der Waals surface area (Å²) in [5, 5.41) is 9.24. The van der Waals surface area contributed by atoms with Gasteiger partial charge in [-0.15, -0.1) is 0 Å². The summed E-state index contributed by atoms with van der Waals surface area (Å²) in [6.07, 6.45) is 1.58. The van der Waals surface area contributed by atoms with E-state index in [0.717, 1.165) is 5.69 Å². The standard InChI is InChI=1S/C18H17N3O3S/c22-17-8-4-14(5-9-17)20-21-15-6-10-18(11-7-15)25(23,24)13-16-3-1-2-12-19-16/h1-12,20-22H,13H2. The maximum Gasteiger partial charge on any atom is 0.184 e. The molecule has 1 aromatic heterocycles. The zero-order valence-corrected chi connectivity index (χ0v) is 14.1. The van der Waals surface area contributed by atoms with Crippen LogP contribution in [0.25, 0.3) is 0 Å². The molecule has 0 saturated heterocycles. The van der Waals surface area contributed by atoms with Crippen LogP contribution in [-0.4, -0.2) is 18.5 Å². The largest absolute Gasteiger partial charge is 0.508 e. The van der Waals surface area contributed by atoms with E-state index >= 15 is 0 Å². The van der Waals surface area contributed by atoms with Gasteiger partial charge in [0.1, 0.15) is 5.75 Å². The Bertz CT molecular complexity index is 926. The number of hydrogen-bond donors (Lipinski definition) is 3. The van der Waals surface area contributed by atoms with Crippen LogP contribution in [0.5, 0.6) is 5.75 Å². The molecule has 0 saturated carbocycles. The number of nitrogens with one attached hydrogen (secondary N) is 2. The van der Waals surface area contributed by atoms with Gasteiger partial charge in [0.15, 0.2) is 9.84 Å². The van der Waals surface area contributed by atoms with Gasteiger partial charge in [-0.25, -0.2) is 8.42 Å². The average molecular weight is 355 g/mol. The van der Waals surface area contributed by atoms with Crippen LogP contribution in [-0.2, 0) is 15.6 Å². The normalized spacial score (nSPS) is 11.0. The van der Waals surface area contributed by atoms with Crippen molar-refractivity contribution in [3.05, 3.63) is 78.6 Å². The molecular weight excluding hydrogens is 338 g/mol. The number of phenols is 1. The van der Waals surface area contributed by atoms with E-state index in [-0.39, 0.29) is 16.4 Å². The molecule has 0 atom stereocenters. The van der Waals surface area contributed by atoms with Crippen LogP contribution in [0.2, 0.25) is 0 Å². The highest BCUT2D eigenvalue weighted by atomic mass is 32.2. The molecule has 3 N–H and O–H groups in total. The van der Waals surface area contributed by atoms with Crippen molar-refractivity contribution in [1.29, 1.82) is 0 Å². The molecule has 0 aliphatic heterocycles. The Morgan fingerprint density at radius 1 is 0.840 bits per heavy atom. The van der Waals surface area contributed by atoms with E-state index in [2.05, 4.69) is 15.8 Å². The van der Waals surface area contributed by atoms with Crippen LogP contribution >= 0.6 is 0 Å². The molecule has 7 heteroatoms. The van der Waals surface area contributed by atoms with E-state index in [1.54, 1.807) is 72.9 Å². The van der Waals surface area contributed by atoms with Gasteiger partial charge in [-0.2, -0.15) is 0 Å².